The van der Waals surface area contributed by atoms with Crippen molar-refractivity contribution in [2.24, 2.45) is 0 Å². The maximum atomic E-state index is 11.2. The largest absolute Gasteiger partial charge is 0.369 e. The van der Waals surface area contributed by atoms with Gasteiger partial charge < -0.3 is 4.90 Å². The third-order valence-corrected chi connectivity index (χ3v) is 3.41. The first-order chi connectivity index (χ1) is 9.06. The lowest BCUT2D eigenvalue weighted by atomic mass is 10.1. The zero-order valence-electron chi connectivity index (χ0n) is 11.3. The quantitative estimate of drug-likeness (QED) is 0.767. The molecule has 1 aliphatic heterocycles. The minimum absolute atomic E-state index is 0.0285. The van der Waals surface area contributed by atoms with Gasteiger partial charge in [-0.3, -0.25) is 14.5 Å². The molecule has 0 amide bonds. The minimum Gasteiger partial charge on any atom is -0.369 e. The van der Waals surface area contributed by atoms with E-state index in [0.717, 1.165) is 37.4 Å². The maximum Gasteiger partial charge on any atom is 0.159 e. The Morgan fingerprint density at radius 3 is 2.16 bits per heavy atom. The summed E-state index contributed by atoms with van der Waals surface area (Å²) in [5.41, 5.74) is 1.87. The van der Waals surface area contributed by atoms with E-state index >= 15 is 0 Å². The second-order valence-electron chi connectivity index (χ2n) is 4.90. The van der Waals surface area contributed by atoms with E-state index in [4.69, 9.17) is 0 Å². The van der Waals surface area contributed by atoms with E-state index < -0.39 is 0 Å². The second-order valence-corrected chi connectivity index (χ2v) is 4.90. The topological polar surface area (TPSA) is 40.6 Å². The molecule has 1 saturated heterocycles. The van der Waals surface area contributed by atoms with Crippen LogP contribution in [-0.4, -0.2) is 49.2 Å². The summed E-state index contributed by atoms with van der Waals surface area (Å²) in [5, 5.41) is 0. The summed E-state index contributed by atoms with van der Waals surface area (Å²) in [6.07, 6.45) is 0. The van der Waals surface area contributed by atoms with Crippen LogP contribution in [0.5, 0.6) is 0 Å². The van der Waals surface area contributed by atoms with Crippen LogP contribution in [0.3, 0.4) is 0 Å². The van der Waals surface area contributed by atoms with Crippen molar-refractivity contribution in [3.63, 3.8) is 0 Å². The number of hydrogen-bond donors (Lipinski definition) is 0. The van der Waals surface area contributed by atoms with Gasteiger partial charge in [0.1, 0.15) is 5.78 Å². The molecule has 0 aliphatic carbocycles. The first kappa shape index (κ1) is 13.7. The lowest BCUT2D eigenvalue weighted by Crippen LogP contribution is -2.47. The Morgan fingerprint density at radius 1 is 1.11 bits per heavy atom. The highest BCUT2D eigenvalue weighted by molar-refractivity contribution is 5.94. The summed E-state index contributed by atoms with van der Waals surface area (Å²) >= 11 is 0. The first-order valence-corrected chi connectivity index (χ1v) is 6.49. The molecule has 0 bridgehead atoms. The van der Waals surface area contributed by atoms with E-state index in [1.165, 1.54) is 0 Å². The van der Waals surface area contributed by atoms with Gasteiger partial charge in [-0.25, -0.2) is 0 Å². The van der Waals surface area contributed by atoms with E-state index in [-0.39, 0.29) is 11.6 Å². The standard InChI is InChI=1S/C15H19N2O2/c1-12(18)11-16-7-9-17(10-8-16)15-5-3-14(4-6-15)13(2)19/h3-6H,1,7-11H2,2H3. The van der Waals surface area contributed by atoms with Crippen molar-refractivity contribution < 1.29 is 9.59 Å². The van der Waals surface area contributed by atoms with Crippen molar-refractivity contribution in [1.29, 1.82) is 0 Å². The van der Waals surface area contributed by atoms with Crippen molar-refractivity contribution in [2.45, 2.75) is 6.92 Å². The second kappa shape index (κ2) is 5.97. The van der Waals surface area contributed by atoms with Gasteiger partial charge in [-0.1, -0.05) is 0 Å². The van der Waals surface area contributed by atoms with E-state index in [0.29, 0.717) is 6.54 Å². The van der Waals surface area contributed by atoms with E-state index in [1.807, 2.05) is 24.3 Å². The van der Waals surface area contributed by atoms with Gasteiger partial charge in [-0.2, -0.15) is 0 Å². The zero-order valence-corrected chi connectivity index (χ0v) is 11.3. The third-order valence-electron chi connectivity index (χ3n) is 3.41. The summed E-state index contributed by atoms with van der Waals surface area (Å²) in [5.74, 6) is 0.0598. The molecule has 0 atom stereocenters. The molecule has 101 valence electrons. The van der Waals surface area contributed by atoms with Gasteiger partial charge in [-0.15, -0.1) is 0 Å². The van der Waals surface area contributed by atoms with Gasteiger partial charge in [-0.05, 0) is 31.2 Å². The molecule has 4 nitrogen and oxygen atoms in total. The van der Waals surface area contributed by atoms with Crippen LogP contribution in [0.1, 0.15) is 17.3 Å². The summed E-state index contributed by atoms with van der Waals surface area (Å²) in [6, 6.07) is 7.70. The number of anilines is 1. The number of hydrogen-bond acceptors (Lipinski definition) is 4. The molecule has 1 aromatic rings. The molecular weight excluding hydrogens is 240 g/mol. The highest BCUT2D eigenvalue weighted by Gasteiger charge is 2.17. The van der Waals surface area contributed by atoms with E-state index in [1.54, 1.807) is 6.92 Å². The fourth-order valence-electron chi connectivity index (χ4n) is 2.32. The molecule has 1 radical (unpaired) electrons. The highest BCUT2D eigenvalue weighted by atomic mass is 16.1. The van der Waals surface area contributed by atoms with Gasteiger partial charge >= 0.3 is 0 Å². The van der Waals surface area contributed by atoms with Crippen LogP contribution >= 0.6 is 0 Å². The van der Waals surface area contributed by atoms with Crippen LogP contribution in [0.4, 0.5) is 5.69 Å². The SMILES string of the molecule is [CH2]C(=O)CN1CCN(c2ccc(C(C)=O)cc2)CC1. The average Bonchev–Trinajstić information content (AvgIpc) is 2.39. The number of rotatable bonds is 4. The number of piperazine rings is 1. The molecule has 19 heavy (non-hydrogen) atoms. The molecule has 1 aromatic carbocycles. The average molecular weight is 259 g/mol. The monoisotopic (exact) mass is 259 g/mol. The zero-order chi connectivity index (χ0) is 13.8. The van der Waals surface area contributed by atoms with E-state index in [2.05, 4.69) is 16.7 Å². The molecule has 2 rings (SSSR count). The van der Waals surface area contributed by atoms with Crippen LogP contribution in [0.15, 0.2) is 24.3 Å². The summed E-state index contributed by atoms with van der Waals surface area (Å²) in [6.45, 7) is 8.96. The van der Waals surface area contributed by atoms with Gasteiger partial charge in [0.15, 0.2) is 5.78 Å². The maximum absolute atomic E-state index is 11.2. The fraction of sp³-hybridized carbons (Fsp3) is 0.400. The third kappa shape index (κ3) is 3.64. The predicted octanol–water partition coefficient (Wildman–Crippen LogP) is 1.41. The Balaban J connectivity index is 1.94. The summed E-state index contributed by atoms with van der Waals surface area (Å²) in [7, 11) is 0. The number of carbonyl (C=O) groups excluding carboxylic acids is 2. The summed E-state index contributed by atoms with van der Waals surface area (Å²) in [4.78, 5) is 26.6. The molecule has 0 unspecified atom stereocenters. The number of benzene rings is 1. The molecule has 0 N–H and O–H groups in total. The normalized spacial score (nSPS) is 16.4. The Bertz CT molecular complexity index is 460. The smallest absolute Gasteiger partial charge is 0.159 e. The lowest BCUT2D eigenvalue weighted by Gasteiger charge is -2.35. The first-order valence-electron chi connectivity index (χ1n) is 6.49. The van der Waals surface area contributed by atoms with Crippen LogP contribution < -0.4 is 4.90 Å². The van der Waals surface area contributed by atoms with Crippen LogP contribution in [-0.2, 0) is 4.79 Å². The van der Waals surface area contributed by atoms with Crippen LogP contribution in [0.25, 0.3) is 0 Å². The van der Waals surface area contributed by atoms with Crippen molar-refractivity contribution >= 4 is 17.3 Å². The van der Waals surface area contributed by atoms with Gasteiger partial charge in [0.05, 0.1) is 6.54 Å². The van der Waals surface area contributed by atoms with Crippen LogP contribution in [0.2, 0.25) is 0 Å². The van der Waals surface area contributed by atoms with E-state index in [9.17, 15) is 9.59 Å². The van der Waals surface area contributed by atoms with Gasteiger partial charge in [0.25, 0.3) is 0 Å². The highest BCUT2D eigenvalue weighted by Crippen LogP contribution is 2.17. The Morgan fingerprint density at radius 2 is 1.68 bits per heavy atom. The Labute approximate surface area is 114 Å². The van der Waals surface area contributed by atoms with Crippen molar-refractivity contribution in [1.82, 2.24) is 4.90 Å². The predicted molar refractivity (Wildman–Crippen MR) is 75.5 cm³/mol. The molecule has 0 aromatic heterocycles. The summed E-state index contributed by atoms with van der Waals surface area (Å²) < 4.78 is 0. The van der Waals surface area contributed by atoms with Crippen molar-refractivity contribution in [3.8, 4) is 0 Å². The molecule has 0 saturated carbocycles. The lowest BCUT2D eigenvalue weighted by molar-refractivity contribution is -0.116. The number of Topliss-reactive ketones (excluding diaryl/α,β-unsaturated/α-hetero) is 2. The molecular formula is C15H19N2O2. The molecule has 1 fully saturated rings. The molecule has 0 spiro atoms. The molecule has 1 aliphatic rings. The van der Waals surface area contributed by atoms with Crippen molar-refractivity contribution in [3.05, 3.63) is 36.8 Å². The number of ketones is 2. The minimum atomic E-state index is -0.0285. The fourth-order valence-corrected chi connectivity index (χ4v) is 2.32. The number of carbonyl (C=O) groups is 2. The van der Waals surface area contributed by atoms with Crippen LogP contribution in [0, 0.1) is 6.92 Å². The Hall–Kier alpha value is -1.68. The Kier molecular flexibility index (Phi) is 4.32. The molecule has 1 heterocycles. The van der Waals surface area contributed by atoms with Gasteiger partial charge in [0.2, 0.25) is 0 Å². The molecule has 4 heteroatoms. The van der Waals surface area contributed by atoms with Crippen molar-refractivity contribution in [2.75, 3.05) is 37.6 Å². The number of nitrogens with zero attached hydrogens (tertiary/aromatic N) is 2. The van der Waals surface area contributed by atoms with Gasteiger partial charge in [0, 0.05) is 44.4 Å².